The molecular formula is C38H45N5O3. The summed E-state index contributed by atoms with van der Waals surface area (Å²) in [5, 5.41) is 11.2. The highest BCUT2D eigenvalue weighted by atomic mass is 16.5. The quantitative estimate of drug-likeness (QED) is 0.227. The number of aromatic amines is 1. The number of rotatable bonds is 6. The van der Waals surface area contributed by atoms with Crippen LogP contribution in [0.5, 0.6) is 5.88 Å². The van der Waals surface area contributed by atoms with Gasteiger partial charge in [0, 0.05) is 42.4 Å². The van der Waals surface area contributed by atoms with Crippen LogP contribution in [0, 0.1) is 5.41 Å². The summed E-state index contributed by atoms with van der Waals surface area (Å²) in [6.45, 7) is 10.4. The number of carboxylic acids is 1. The van der Waals surface area contributed by atoms with E-state index in [1.165, 1.54) is 50.6 Å². The largest absolute Gasteiger partial charge is 0.478 e. The van der Waals surface area contributed by atoms with Crippen molar-refractivity contribution in [2.45, 2.75) is 83.4 Å². The van der Waals surface area contributed by atoms with E-state index in [1.54, 1.807) is 11.6 Å². The van der Waals surface area contributed by atoms with Gasteiger partial charge < -0.3 is 24.6 Å². The number of fused-ring (bicyclic) bond motifs is 2. The molecule has 46 heavy (non-hydrogen) atoms. The van der Waals surface area contributed by atoms with Crippen molar-refractivity contribution in [3.63, 3.8) is 0 Å². The molecule has 5 heterocycles. The van der Waals surface area contributed by atoms with E-state index in [-0.39, 0.29) is 6.10 Å². The van der Waals surface area contributed by atoms with Gasteiger partial charge in [-0.25, -0.2) is 4.79 Å². The van der Waals surface area contributed by atoms with Crippen molar-refractivity contribution in [3.05, 3.63) is 77.5 Å². The van der Waals surface area contributed by atoms with E-state index >= 15 is 0 Å². The lowest BCUT2D eigenvalue weighted by molar-refractivity contribution is -0.0227. The standard InChI is InChI=1S/C38H45N5O3/c1-24(2)29-7-4-5-8-30(29)32-9-6-16-42(32)28-21-38(22-28)13-17-41(18-14-38)27-10-11-31(37(44)45)33(20-27)43-23-25(3)46-36-34(43)19-26-12-15-39-35(26)40-36/h4-5,7-8,10-12,15,19-20,24-25,28,32H,6,9,13-14,16-18,21-23H2,1-3H3,(H,39,40)(H,44,45)/t25-,32-/m0/s1. The normalized spacial score (nSPS) is 23.1. The average molecular weight is 620 g/mol. The number of carbonyl (C=O) groups is 1. The Hall–Kier alpha value is -4.04. The number of H-pyrrole nitrogens is 1. The fourth-order valence-electron chi connectivity index (χ4n) is 8.89. The second-order valence-electron chi connectivity index (χ2n) is 14.5. The first-order valence-corrected chi connectivity index (χ1v) is 17.2. The molecule has 2 saturated heterocycles. The minimum absolute atomic E-state index is 0.131. The van der Waals surface area contributed by atoms with Crippen LogP contribution >= 0.6 is 0 Å². The molecule has 1 aliphatic carbocycles. The number of nitrogens with one attached hydrogen (secondary N) is 1. The van der Waals surface area contributed by atoms with E-state index in [2.05, 4.69) is 63.9 Å². The van der Waals surface area contributed by atoms with Crippen LogP contribution in [0.4, 0.5) is 17.1 Å². The SMILES string of the molecule is CC(C)c1ccccc1[C@@H]1CCCN1C1CC2(CCN(c3ccc(C(=O)O)c(N4C[C@H](C)Oc5nc6[nH]ccc6cc54)c3)CC2)C1. The molecular weight excluding hydrogens is 574 g/mol. The lowest BCUT2D eigenvalue weighted by atomic mass is 9.59. The maximum absolute atomic E-state index is 12.5. The van der Waals surface area contributed by atoms with Crippen LogP contribution in [-0.4, -0.2) is 64.3 Å². The Labute approximate surface area is 271 Å². The first kappa shape index (κ1) is 29.4. The van der Waals surface area contributed by atoms with E-state index in [9.17, 15) is 9.90 Å². The highest BCUT2D eigenvalue weighted by Crippen LogP contribution is 2.54. The molecule has 8 heteroatoms. The van der Waals surface area contributed by atoms with Crippen molar-refractivity contribution in [1.82, 2.24) is 14.9 Å². The number of piperidine rings is 1. The summed E-state index contributed by atoms with van der Waals surface area (Å²) in [4.78, 5) is 27.7. The molecule has 1 saturated carbocycles. The van der Waals surface area contributed by atoms with E-state index in [4.69, 9.17) is 9.72 Å². The number of hydrogen-bond donors (Lipinski definition) is 2. The highest BCUT2D eigenvalue weighted by Gasteiger charge is 2.50. The Balaban J connectivity index is 0.991. The lowest BCUT2D eigenvalue weighted by Crippen LogP contribution is -2.55. The number of likely N-dealkylation sites (tertiary alicyclic amines) is 1. The molecule has 3 fully saturated rings. The number of nitrogens with zero attached hydrogens (tertiary/aromatic N) is 4. The molecule has 2 aromatic heterocycles. The van der Waals surface area contributed by atoms with Crippen molar-refractivity contribution in [3.8, 4) is 5.88 Å². The van der Waals surface area contributed by atoms with Crippen molar-refractivity contribution < 1.29 is 14.6 Å². The van der Waals surface area contributed by atoms with Crippen LogP contribution in [0.3, 0.4) is 0 Å². The summed E-state index contributed by atoms with van der Waals surface area (Å²) >= 11 is 0. The van der Waals surface area contributed by atoms with Crippen LogP contribution in [0.25, 0.3) is 11.0 Å². The van der Waals surface area contributed by atoms with Gasteiger partial charge in [-0.1, -0.05) is 38.1 Å². The van der Waals surface area contributed by atoms with Crippen LogP contribution in [0.1, 0.15) is 92.7 Å². The maximum atomic E-state index is 12.5. The smallest absolute Gasteiger partial charge is 0.337 e. The molecule has 0 radical (unpaired) electrons. The monoisotopic (exact) mass is 619 g/mol. The van der Waals surface area contributed by atoms with Gasteiger partial charge in [0.25, 0.3) is 0 Å². The number of anilines is 3. The Morgan fingerprint density at radius 3 is 2.63 bits per heavy atom. The third-order valence-electron chi connectivity index (χ3n) is 11.3. The van der Waals surface area contributed by atoms with E-state index in [0.29, 0.717) is 47.1 Å². The van der Waals surface area contributed by atoms with Crippen molar-refractivity contribution in [2.24, 2.45) is 5.41 Å². The van der Waals surface area contributed by atoms with Gasteiger partial charge in [0.15, 0.2) is 0 Å². The number of aromatic nitrogens is 2. The van der Waals surface area contributed by atoms with E-state index in [1.807, 2.05) is 31.3 Å². The van der Waals surface area contributed by atoms with Gasteiger partial charge >= 0.3 is 5.97 Å². The topological polar surface area (TPSA) is 84.9 Å². The van der Waals surface area contributed by atoms with Crippen molar-refractivity contribution >= 4 is 34.1 Å². The zero-order valence-electron chi connectivity index (χ0n) is 27.2. The fraction of sp³-hybridized carbons (Fsp3) is 0.474. The summed E-state index contributed by atoms with van der Waals surface area (Å²) < 4.78 is 6.11. The molecule has 2 aromatic carbocycles. The van der Waals surface area contributed by atoms with Gasteiger partial charge in [-0.2, -0.15) is 4.98 Å². The van der Waals surface area contributed by atoms with Crippen molar-refractivity contribution in [2.75, 3.05) is 36.0 Å². The molecule has 240 valence electrons. The van der Waals surface area contributed by atoms with Crippen LogP contribution in [0.15, 0.2) is 60.8 Å². The van der Waals surface area contributed by atoms with Gasteiger partial charge in [-0.3, -0.25) is 4.90 Å². The van der Waals surface area contributed by atoms with Gasteiger partial charge in [0.2, 0.25) is 5.88 Å². The minimum atomic E-state index is -0.924. The summed E-state index contributed by atoms with van der Waals surface area (Å²) in [5.74, 6) is 0.157. The average Bonchev–Trinajstić information content (AvgIpc) is 3.71. The molecule has 3 aliphatic heterocycles. The first-order valence-electron chi connectivity index (χ1n) is 17.2. The minimum Gasteiger partial charge on any atom is -0.478 e. The molecule has 8 rings (SSSR count). The molecule has 4 aromatic rings. The molecule has 4 aliphatic rings. The van der Waals surface area contributed by atoms with Gasteiger partial charge in [-0.15, -0.1) is 0 Å². The number of ether oxygens (including phenoxy) is 1. The maximum Gasteiger partial charge on any atom is 0.337 e. The van der Waals surface area contributed by atoms with Crippen LogP contribution in [0.2, 0.25) is 0 Å². The van der Waals surface area contributed by atoms with E-state index in [0.717, 1.165) is 35.5 Å². The first-order chi connectivity index (χ1) is 22.3. The Morgan fingerprint density at radius 1 is 1.04 bits per heavy atom. The lowest BCUT2D eigenvalue weighted by Gasteiger charge is -2.56. The Kier molecular flexibility index (Phi) is 7.24. The van der Waals surface area contributed by atoms with Crippen molar-refractivity contribution in [1.29, 1.82) is 0 Å². The molecule has 8 nitrogen and oxygen atoms in total. The Bertz CT molecular complexity index is 1770. The zero-order valence-corrected chi connectivity index (χ0v) is 27.2. The number of benzene rings is 2. The molecule has 1 spiro atoms. The number of pyridine rings is 1. The second-order valence-corrected chi connectivity index (χ2v) is 14.5. The second kappa shape index (κ2) is 11.3. The third kappa shape index (κ3) is 5.02. The summed E-state index contributed by atoms with van der Waals surface area (Å²) in [7, 11) is 0. The predicted octanol–water partition coefficient (Wildman–Crippen LogP) is 7.89. The molecule has 0 bridgehead atoms. The van der Waals surface area contributed by atoms with Crippen LogP contribution in [-0.2, 0) is 0 Å². The Morgan fingerprint density at radius 2 is 1.85 bits per heavy atom. The fourth-order valence-corrected chi connectivity index (χ4v) is 8.89. The summed E-state index contributed by atoms with van der Waals surface area (Å²) in [5.41, 5.74) is 7.15. The third-order valence-corrected chi connectivity index (χ3v) is 11.3. The summed E-state index contributed by atoms with van der Waals surface area (Å²) in [6, 6.07) is 20.2. The van der Waals surface area contributed by atoms with Gasteiger partial charge in [0.05, 0.1) is 17.8 Å². The molecule has 2 N–H and O–H groups in total. The molecule has 0 amide bonds. The summed E-state index contributed by atoms with van der Waals surface area (Å²) in [6.07, 6.45) is 9.27. The van der Waals surface area contributed by atoms with Crippen LogP contribution < -0.4 is 14.5 Å². The predicted molar refractivity (Wildman–Crippen MR) is 183 cm³/mol. The molecule has 0 unspecified atom stereocenters. The van der Waals surface area contributed by atoms with E-state index < -0.39 is 5.97 Å². The number of carboxylic acid groups (broad SMARTS) is 1. The molecule has 2 atom stereocenters. The zero-order chi connectivity index (χ0) is 31.6. The number of aromatic carboxylic acids is 1. The number of hydrogen-bond acceptors (Lipinski definition) is 6. The highest BCUT2D eigenvalue weighted by molar-refractivity contribution is 5.97. The van der Waals surface area contributed by atoms with Gasteiger partial charge in [0.1, 0.15) is 17.4 Å². The van der Waals surface area contributed by atoms with Gasteiger partial charge in [-0.05, 0) is 105 Å².